The molecule has 0 saturated carbocycles. The summed E-state index contributed by atoms with van der Waals surface area (Å²) < 4.78 is 6.30. The average Bonchev–Trinajstić information content (AvgIpc) is 2.87. The average molecular weight is 537 g/mol. The summed E-state index contributed by atoms with van der Waals surface area (Å²) in [5.41, 5.74) is 5.95. The zero-order chi connectivity index (χ0) is 24.2. The minimum atomic E-state index is -1.49. The van der Waals surface area contributed by atoms with Crippen molar-refractivity contribution in [2.75, 3.05) is 7.11 Å². The van der Waals surface area contributed by atoms with Gasteiger partial charge in [0.1, 0.15) is 5.75 Å². The van der Waals surface area contributed by atoms with Crippen LogP contribution in [-0.4, -0.2) is 24.3 Å². The number of ether oxygens (including phenoxy) is 1. The van der Waals surface area contributed by atoms with Crippen LogP contribution in [-0.2, 0) is 0 Å². The van der Waals surface area contributed by atoms with Crippen LogP contribution in [0.2, 0.25) is 0 Å². The topological polar surface area (TPSA) is 49.7 Å². The molecule has 0 saturated heterocycles. The number of aryl methyl sites for hydroxylation is 1. The van der Waals surface area contributed by atoms with E-state index < -0.39 is 7.12 Å². The van der Waals surface area contributed by atoms with Crippen molar-refractivity contribution in [3.8, 4) is 28.0 Å². The molecule has 0 heterocycles. The molecule has 0 bridgehead atoms. The minimum absolute atomic E-state index is 0. The second-order valence-electron chi connectivity index (χ2n) is 7.04. The van der Waals surface area contributed by atoms with Gasteiger partial charge in [-0.2, -0.15) is 0 Å². The van der Waals surface area contributed by atoms with E-state index in [-0.39, 0.29) is 14.9 Å². The highest BCUT2D eigenvalue weighted by Gasteiger charge is 2.17. The Balaban J connectivity index is 0.000000593. The van der Waals surface area contributed by atoms with Crippen LogP contribution in [0, 0.1) is 6.92 Å². The SMILES string of the molecule is C.C.CC.COc1ccc(B(O)O)c(-c2ccccc2)c1.Cc1ccc(Br)c(-c2ccccc2)c1. The van der Waals surface area contributed by atoms with Crippen LogP contribution in [0.1, 0.15) is 34.3 Å². The Morgan fingerprint density at radius 3 is 1.69 bits per heavy atom. The molecule has 35 heavy (non-hydrogen) atoms. The van der Waals surface area contributed by atoms with E-state index in [9.17, 15) is 10.0 Å². The number of hydrogen-bond donors (Lipinski definition) is 2. The van der Waals surface area contributed by atoms with Crippen molar-refractivity contribution in [2.24, 2.45) is 0 Å². The van der Waals surface area contributed by atoms with Gasteiger partial charge in [0, 0.05) is 4.47 Å². The van der Waals surface area contributed by atoms with Crippen molar-refractivity contribution in [1.29, 1.82) is 0 Å². The van der Waals surface area contributed by atoms with Crippen molar-refractivity contribution >= 4 is 28.5 Å². The van der Waals surface area contributed by atoms with Crippen LogP contribution < -0.4 is 10.2 Å². The number of halogens is 1. The molecule has 4 aromatic carbocycles. The standard InChI is InChI=1S/C13H13BO3.C13H11Br.C2H6.2CH4/c1-17-11-7-8-13(14(15)16)12(9-11)10-5-3-2-4-6-10;1-10-7-8-13(14)12(9-10)11-5-3-2-4-6-11;1-2;;/h2-9,15-16H,1H3;2-9H,1H3;1-2H3;2*1H4. The molecule has 0 unspecified atom stereocenters. The Morgan fingerprint density at radius 1 is 0.686 bits per heavy atom. The quantitative estimate of drug-likeness (QED) is 0.262. The summed E-state index contributed by atoms with van der Waals surface area (Å²) in [4.78, 5) is 0. The summed E-state index contributed by atoms with van der Waals surface area (Å²) in [7, 11) is 0.0928. The highest BCUT2D eigenvalue weighted by molar-refractivity contribution is 9.10. The fourth-order valence-electron chi connectivity index (χ4n) is 3.23. The number of rotatable bonds is 4. The fourth-order valence-corrected chi connectivity index (χ4v) is 3.71. The van der Waals surface area contributed by atoms with Crippen molar-refractivity contribution in [1.82, 2.24) is 0 Å². The zero-order valence-corrected chi connectivity index (χ0v) is 21.1. The van der Waals surface area contributed by atoms with Crippen LogP contribution in [0.3, 0.4) is 0 Å². The summed E-state index contributed by atoms with van der Waals surface area (Å²) in [5.74, 6) is 0.688. The molecule has 5 heteroatoms. The van der Waals surface area contributed by atoms with Crippen LogP contribution in [0.4, 0.5) is 0 Å². The normalized spacial score (nSPS) is 9.11. The third kappa shape index (κ3) is 9.37. The van der Waals surface area contributed by atoms with Gasteiger partial charge in [0.2, 0.25) is 0 Å². The van der Waals surface area contributed by atoms with Crippen LogP contribution in [0.15, 0.2) is 102 Å². The molecule has 3 nitrogen and oxygen atoms in total. The lowest BCUT2D eigenvalue weighted by Crippen LogP contribution is -2.31. The van der Waals surface area contributed by atoms with E-state index in [4.69, 9.17) is 4.74 Å². The van der Waals surface area contributed by atoms with Crippen molar-refractivity contribution in [2.45, 2.75) is 35.6 Å². The first-order valence-corrected chi connectivity index (χ1v) is 11.7. The fraction of sp³-hybridized carbons (Fsp3) is 0.200. The summed E-state index contributed by atoms with van der Waals surface area (Å²) >= 11 is 3.57. The van der Waals surface area contributed by atoms with E-state index in [2.05, 4.69) is 65.3 Å². The molecule has 0 atom stereocenters. The lowest BCUT2D eigenvalue weighted by atomic mass is 9.75. The third-order valence-corrected chi connectivity index (χ3v) is 5.52. The molecular weight excluding hydrogens is 499 g/mol. The first kappa shape index (κ1) is 32.1. The highest BCUT2D eigenvalue weighted by atomic mass is 79.9. The molecular formula is C30H38BBrO3. The Bertz CT molecular complexity index is 1120. The highest BCUT2D eigenvalue weighted by Crippen LogP contribution is 2.28. The van der Waals surface area contributed by atoms with E-state index in [1.54, 1.807) is 25.3 Å². The molecule has 0 aromatic heterocycles. The number of hydrogen-bond acceptors (Lipinski definition) is 3. The molecule has 4 aromatic rings. The van der Waals surface area contributed by atoms with E-state index in [1.807, 2.05) is 50.2 Å². The van der Waals surface area contributed by atoms with Crippen molar-refractivity contribution < 1.29 is 14.8 Å². The second kappa shape index (κ2) is 16.7. The predicted octanol–water partition coefficient (Wildman–Crippen LogP) is 7.76. The van der Waals surface area contributed by atoms with Gasteiger partial charge in [0.25, 0.3) is 0 Å². The molecule has 0 fully saturated rings. The maximum atomic E-state index is 9.34. The molecule has 0 spiro atoms. The van der Waals surface area contributed by atoms with Gasteiger partial charge >= 0.3 is 7.12 Å². The molecule has 186 valence electrons. The Labute approximate surface area is 220 Å². The lowest BCUT2D eigenvalue weighted by Gasteiger charge is -2.11. The maximum Gasteiger partial charge on any atom is 0.489 e. The van der Waals surface area contributed by atoms with Gasteiger partial charge in [-0.05, 0) is 52.8 Å². The predicted molar refractivity (Wildman–Crippen MR) is 157 cm³/mol. The molecule has 0 aliphatic heterocycles. The van der Waals surface area contributed by atoms with Gasteiger partial charge in [-0.3, -0.25) is 0 Å². The second-order valence-corrected chi connectivity index (χ2v) is 7.90. The van der Waals surface area contributed by atoms with Gasteiger partial charge in [-0.1, -0.05) is 129 Å². The van der Waals surface area contributed by atoms with Gasteiger partial charge in [0.15, 0.2) is 0 Å². The summed E-state index contributed by atoms with van der Waals surface area (Å²) in [6.45, 7) is 6.11. The first-order chi connectivity index (χ1) is 16.0. The van der Waals surface area contributed by atoms with E-state index in [1.165, 1.54) is 16.7 Å². The van der Waals surface area contributed by atoms with E-state index in [0.29, 0.717) is 11.2 Å². The van der Waals surface area contributed by atoms with E-state index >= 15 is 0 Å². The Kier molecular flexibility index (Phi) is 15.4. The van der Waals surface area contributed by atoms with Gasteiger partial charge in [-0.15, -0.1) is 0 Å². The van der Waals surface area contributed by atoms with Crippen LogP contribution in [0.5, 0.6) is 5.75 Å². The molecule has 0 radical (unpaired) electrons. The number of methoxy groups -OCH3 is 1. The minimum Gasteiger partial charge on any atom is -0.497 e. The molecule has 4 rings (SSSR count). The number of benzene rings is 4. The summed E-state index contributed by atoms with van der Waals surface area (Å²) in [6.07, 6.45) is 0. The molecule has 0 amide bonds. The monoisotopic (exact) mass is 536 g/mol. The molecule has 2 N–H and O–H groups in total. The third-order valence-electron chi connectivity index (χ3n) is 4.83. The first-order valence-electron chi connectivity index (χ1n) is 10.9. The smallest absolute Gasteiger partial charge is 0.489 e. The van der Waals surface area contributed by atoms with Crippen molar-refractivity contribution in [3.05, 3.63) is 107 Å². The van der Waals surface area contributed by atoms with Crippen molar-refractivity contribution in [3.63, 3.8) is 0 Å². The lowest BCUT2D eigenvalue weighted by molar-refractivity contribution is 0.414. The zero-order valence-electron chi connectivity index (χ0n) is 19.5. The Hall–Kier alpha value is -2.86. The summed E-state index contributed by atoms with van der Waals surface area (Å²) in [6, 6.07) is 31.5. The van der Waals surface area contributed by atoms with Crippen LogP contribution in [0.25, 0.3) is 22.3 Å². The van der Waals surface area contributed by atoms with Gasteiger partial charge in [-0.25, -0.2) is 0 Å². The molecule has 0 aliphatic carbocycles. The van der Waals surface area contributed by atoms with E-state index in [0.717, 1.165) is 15.6 Å². The largest absolute Gasteiger partial charge is 0.497 e. The maximum absolute atomic E-state index is 9.34. The van der Waals surface area contributed by atoms with Gasteiger partial charge < -0.3 is 14.8 Å². The Morgan fingerprint density at radius 2 is 1.20 bits per heavy atom. The molecule has 0 aliphatic rings. The summed E-state index contributed by atoms with van der Waals surface area (Å²) in [5, 5.41) is 18.7. The van der Waals surface area contributed by atoms with Gasteiger partial charge in [0.05, 0.1) is 7.11 Å². The van der Waals surface area contributed by atoms with Crippen LogP contribution >= 0.6 is 15.9 Å².